The highest BCUT2D eigenvalue weighted by atomic mass is 19.4. The van der Waals surface area contributed by atoms with Crippen LogP contribution < -0.4 is 5.69 Å². The molecule has 3 atom stereocenters. The fourth-order valence-electron chi connectivity index (χ4n) is 6.11. The molecule has 1 saturated carbocycles. The minimum Gasteiger partial charge on any atom is -0.376 e. The van der Waals surface area contributed by atoms with Gasteiger partial charge in [-0.25, -0.2) is 4.79 Å². The molecule has 0 amide bonds. The third kappa shape index (κ3) is 4.75. The van der Waals surface area contributed by atoms with Crippen LogP contribution in [0.25, 0.3) is 11.2 Å². The van der Waals surface area contributed by atoms with Crippen molar-refractivity contribution in [3.63, 3.8) is 0 Å². The van der Waals surface area contributed by atoms with Crippen molar-refractivity contribution in [3.8, 4) is 5.69 Å². The van der Waals surface area contributed by atoms with Gasteiger partial charge in [0.25, 0.3) is 0 Å². The molecule has 6 rings (SSSR count). The third-order valence-corrected chi connectivity index (χ3v) is 8.55. The lowest BCUT2D eigenvalue weighted by atomic mass is 9.72. The number of pyridine rings is 1. The van der Waals surface area contributed by atoms with E-state index in [1.165, 1.54) is 16.8 Å². The van der Waals surface area contributed by atoms with Gasteiger partial charge in [0.15, 0.2) is 0 Å². The molecule has 4 heterocycles. The standard InChI is InChI=1S/C29H33F3N6O2/c1-18-14-36(10-11-40-18)19(2)22-13-24(29(30,31)32)25-16-37(28(39)38(25)15-22)23-9-5-8-21(12-23)26(20-6-4-7-20)27-34-33-17-35(27)3/h5,8-9,12-13,15-20,26H,4,6-7,10-11,14H2,1-3H3/t18-,19+,26-/m1/s1. The molecule has 2 aliphatic rings. The average Bonchev–Trinajstić information content (AvgIpc) is 3.47. The van der Waals surface area contributed by atoms with E-state index in [1.54, 1.807) is 18.6 Å². The summed E-state index contributed by atoms with van der Waals surface area (Å²) >= 11 is 0. The Morgan fingerprint density at radius 1 is 1.12 bits per heavy atom. The molecule has 8 nitrogen and oxygen atoms in total. The van der Waals surface area contributed by atoms with Crippen molar-refractivity contribution < 1.29 is 17.9 Å². The van der Waals surface area contributed by atoms with Crippen molar-refractivity contribution in [2.75, 3.05) is 19.7 Å². The molecule has 1 saturated heterocycles. The van der Waals surface area contributed by atoms with Crippen molar-refractivity contribution in [3.05, 3.63) is 82.1 Å². The van der Waals surface area contributed by atoms with Crippen LogP contribution in [-0.4, -0.2) is 54.4 Å². The Morgan fingerprint density at radius 3 is 2.58 bits per heavy atom. The average molecular weight is 555 g/mol. The van der Waals surface area contributed by atoms with Crippen LogP contribution in [-0.2, 0) is 18.0 Å². The lowest BCUT2D eigenvalue weighted by Gasteiger charge is -2.36. The van der Waals surface area contributed by atoms with Crippen LogP contribution >= 0.6 is 0 Å². The highest BCUT2D eigenvalue weighted by Gasteiger charge is 2.36. The SMILES string of the molecule is C[C@@H]1CN([C@@H](C)c2cc(C(F)(F)F)c3cn(-c4cccc([C@H](c5nncn5C)C5CCC5)c4)c(=O)n3c2)CCO1. The van der Waals surface area contributed by atoms with Crippen LogP contribution in [0.3, 0.4) is 0 Å². The number of halogens is 3. The molecule has 11 heteroatoms. The van der Waals surface area contributed by atoms with Gasteiger partial charge in [0.2, 0.25) is 0 Å². The topological polar surface area (TPSA) is 69.6 Å². The predicted octanol–water partition coefficient (Wildman–Crippen LogP) is 4.95. The van der Waals surface area contributed by atoms with Gasteiger partial charge >= 0.3 is 11.9 Å². The number of rotatable bonds is 6. The highest BCUT2D eigenvalue weighted by Crippen LogP contribution is 2.43. The summed E-state index contributed by atoms with van der Waals surface area (Å²) in [5.74, 6) is 1.22. The van der Waals surface area contributed by atoms with Crippen molar-refractivity contribution in [1.29, 1.82) is 0 Å². The molecule has 1 aliphatic heterocycles. The lowest BCUT2D eigenvalue weighted by molar-refractivity contribution is -0.136. The van der Waals surface area contributed by atoms with E-state index < -0.39 is 17.4 Å². The minimum atomic E-state index is -4.62. The first-order valence-corrected chi connectivity index (χ1v) is 13.8. The number of nitrogens with zero attached hydrogens (tertiary/aromatic N) is 6. The van der Waals surface area contributed by atoms with E-state index in [9.17, 15) is 18.0 Å². The fraction of sp³-hybridized carbons (Fsp3) is 0.483. The number of morpholine rings is 1. The second kappa shape index (κ2) is 10.2. The maximum atomic E-state index is 14.3. The first kappa shape index (κ1) is 26.8. The minimum absolute atomic E-state index is 0.0107. The smallest absolute Gasteiger partial charge is 0.376 e. The Morgan fingerprint density at radius 2 is 1.93 bits per heavy atom. The van der Waals surface area contributed by atoms with Crippen LogP contribution in [0, 0.1) is 5.92 Å². The van der Waals surface area contributed by atoms with E-state index in [0.717, 1.165) is 35.1 Å². The molecule has 4 aromatic rings. The number of hydrogen-bond donors (Lipinski definition) is 0. The molecule has 0 spiro atoms. The van der Waals surface area contributed by atoms with Crippen molar-refractivity contribution in [2.24, 2.45) is 13.0 Å². The van der Waals surface area contributed by atoms with Gasteiger partial charge in [-0.15, -0.1) is 10.2 Å². The number of ether oxygens (including phenoxy) is 1. The number of aromatic nitrogens is 5. The maximum Gasteiger partial charge on any atom is 0.418 e. The second-order valence-corrected chi connectivity index (χ2v) is 11.1. The summed E-state index contributed by atoms with van der Waals surface area (Å²) in [5, 5.41) is 8.42. The van der Waals surface area contributed by atoms with Crippen LogP contribution in [0.1, 0.15) is 67.6 Å². The van der Waals surface area contributed by atoms with Gasteiger partial charge in [-0.05, 0) is 61.9 Å². The summed E-state index contributed by atoms with van der Waals surface area (Å²) in [6, 6.07) is 8.35. The summed E-state index contributed by atoms with van der Waals surface area (Å²) in [6.07, 6.45) is 3.16. The van der Waals surface area contributed by atoms with Gasteiger partial charge in [-0.1, -0.05) is 18.6 Å². The Hall–Kier alpha value is -3.44. The van der Waals surface area contributed by atoms with Crippen LogP contribution in [0.5, 0.6) is 0 Å². The fourth-order valence-corrected chi connectivity index (χ4v) is 6.11. The van der Waals surface area contributed by atoms with E-state index in [1.807, 2.05) is 43.7 Å². The zero-order valence-corrected chi connectivity index (χ0v) is 22.8. The Kier molecular flexibility index (Phi) is 6.82. The number of fused-ring (bicyclic) bond motifs is 1. The molecule has 0 bridgehead atoms. The molecule has 212 valence electrons. The molecule has 2 fully saturated rings. The van der Waals surface area contributed by atoms with E-state index in [-0.39, 0.29) is 23.6 Å². The first-order chi connectivity index (χ1) is 19.1. The monoisotopic (exact) mass is 554 g/mol. The number of aryl methyl sites for hydroxylation is 1. The largest absolute Gasteiger partial charge is 0.418 e. The van der Waals surface area contributed by atoms with Crippen molar-refractivity contribution >= 4 is 5.52 Å². The Bertz CT molecular complexity index is 1580. The molecule has 1 aromatic carbocycles. The van der Waals surface area contributed by atoms with Crippen LogP contribution in [0.15, 0.2) is 53.8 Å². The number of benzene rings is 1. The highest BCUT2D eigenvalue weighted by molar-refractivity contribution is 5.58. The molecule has 0 unspecified atom stereocenters. The van der Waals surface area contributed by atoms with Crippen LogP contribution in [0.2, 0.25) is 0 Å². The molecule has 40 heavy (non-hydrogen) atoms. The van der Waals surface area contributed by atoms with Gasteiger partial charge < -0.3 is 9.30 Å². The Labute approximate surface area is 230 Å². The second-order valence-electron chi connectivity index (χ2n) is 11.1. The zero-order valence-electron chi connectivity index (χ0n) is 22.8. The van der Waals surface area contributed by atoms with Crippen molar-refractivity contribution in [2.45, 2.75) is 57.3 Å². The number of imidazole rings is 1. The predicted molar refractivity (Wildman–Crippen MR) is 144 cm³/mol. The number of alkyl halides is 3. The van der Waals surface area contributed by atoms with Gasteiger partial charge in [-0.3, -0.25) is 13.9 Å². The third-order valence-electron chi connectivity index (χ3n) is 8.55. The first-order valence-electron chi connectivity index (χ1n) is 13.8. The molecule has 0 radical (unpaired) electrons. The quantitative estimate of drug-likeness (QED) is 0.337. The molecule has 3 aromatic heterocycles. The van der Waals surface area contributed by atoms with Crippen LogP contribution in [0.4, 0.5) is 13.2 Å². The van der Waals surface area contributed by atoms with E-state index in [0.29, 0.717) is 36.9 Å². The van der Waals surface area contributed by atoms with E-state index >= 15 is 0 Å². The van der Waals surface area contributed by atoms with Gasteiger partial charge in [-0.2, -0.15) is 13.2 Å². The Balaban J connectivity index is 1.45. The summed E-state index contributed by atoms with van der Waals surface area (Å²) in [4.78, 5) is 15.8. The van der Waals surface area contributed by atoms with Gasteiger partial charge in [0.05, 0.1) is 29.5 Å². The summed E-state index contributed by atoms with van der Waals surface area (Å²) in [6.45, 7) is 5.56. The summed E-state index contributed by atoms with van der Waals surface area (Å²) in [7, 11) is 1.91. The molecular weight excluding hydrogens is 521 g/mol. The number of hydrogen-bond acceptors (Lipinski definition) is 5. The van der Waals surface area contributed by atoms with Crippen molar-refractivity contribution in [1.82, 2.24) is 28.6 Å². The van der Waals surface area contributed by atoms with E-state index in [4.69, 9.17) is 4.74 Å². The summed E-state index contributed by atoms with van der Waals surface area (Å²) < 4.78 is 53.0. The summed E-state index contributed by atoms with van der Waals surface area (Å²) in [5.41, 5.74) is 0.389. The lowest BCUT2D eigenvalue weighted by Crippen LogP contribution is -2.42. The van der Waals surface area contributed by atoms with Gasteiger partial charge in [0, 0.05) is 44.5 Å². The molecule has 0 N–H and O–H groups in total. The van der Waals surface area contributed by atoms with Gasteiger partial charge in [0.1, 0.15) is 12.2 Å². The maximum absolute atomic E-state index is 14.3. The normalized spacial score (nSPS) is 20.5. The van der Waals surface area contributed by atoms with E-state index in [2.05, 4.69) is 15.1 Å². The zero-order chi connectivity index (χ0) is 28.2. The molecular formula is C29H33F3N6O2. The molecule has 1 aliphatic carbocycles.